The fourth-order valence-electron chi connectivity index (χ4n) is 7.77. The topological polar surface area (TPSA) is 30.7 Å². The van der Waals surface area contributed by atoms with Crippen molar-refractivity contribution in [3.05, 3.63) is 151 Å². The van der Waals surface area contributed by atoms with Gasteiger partial charge in [-0.3, -0.25) is 0 Å². The van der Waals surface area contributed by atoms with E-state index in [1.807, 2.05) is 17.4 Å². The number of para-hydroxylation sites is 2. The molecule has 1 aliphatic carbocycles. The van der Waals surface area contributed by atoms with Crippen LogP contribution in [0.2, 0.25) is 0 Å². The molecule has 4 heteroatoms. The number of hydrogen-bond acceptors (Lipinski definition) is 3. The number of fused-ring (bicyclic) bond motifs is 9. The lowest BCUT2D eigenvalue weighted by Gasteiger charge is -2.21. The quantitative estimate of drug-likeness (QED) is 0.197. The standard InChI is InChI=1S/C43H29N3S/c1-43(2)33-20-10-6-18-29(33)39-40(44-42(45-41(39)43)26-14-4-3-5-15-26)30-19-8-12-22-35(30)46-34-21-11-7-16-27(34)31-24-32-28-17-9-13-23-37(28)47-38(32)25-36(31)46/h3-25H,1-2H3. The molecule has 0 unspecified atom stereocenters. The van der Waals surface area contributed by atoms with Crippen molar-refractivity contribution in [3.63, 3.8) is 0 Å². The minimum atomic E-state index is -0.262. The normalized spacial score (nSPS) is 13.5. The van der Waals surface area contributed by atoms with Gasteiger partial charge in [0.25, 0.3) is 0 Å². The van der Waals surface area contributed by atoms with Gasteiger partial charge in [-0.1, -0.05) is 123 Å². The first-order valence-electron chi connectivity index (χ1n) is 16.1. The molecule has 47 heavy (non-hydrogen) atoms. The predicted octanol–water partition coefficient (Wildman–Crippen LogP) is 11.6. The monoisotopic (exact) mass is 619 g/mol. The molecule has 0 atom stereocenters. The maximum Gasteiger partial charge on any atom is 0.160 e. The summed E-state index contributed by atoms with van der Waals surface area (Å²) < 4.78 is 5.06. The van der Waals surface area contributed by atoms with Crippen molar-refractivity contribution >= 4 is 53.3 Å². The molecule has 0 radical (unpaired) electrons. The molecule has 0 saturated carbocycles. The van der Waals surface area contributed by atoms with Crippen LogP contribution in [-0.4, -0.2) is 14.5 Å². The molecule has 3 nitrogen and oxygen atoms in total. The average molecular weight is 620 g/mol. The highest BCUT2D eigenvalue weighted by Crippen LogP contribution is 2.52. The maximum absolute atomic E-state index is 5.44. The molecule has 1 aliphatic rings. The Bertz CT molecular complexity index is 2710. The first-order chi connectivity index (χ1) is 23.1. The lowest BCUT2D eigenvalue weighted by molar-refractivity contribution is 0.636. The van der Waals surface area contributed by atoms with Gasteiger partial charge in [0.05, 0.1) is 28.1 Å². The summed E-state index contributed by atoms with van der Waals surface area (Å²) in [5.74, 6) is 0.754. The van der Waals surface area contributed by atoms with Gasteiger partial charge in [0.2, 0.25) is 0 Å². The number of benzene rings is 6. The number of nitrogens with zero attached hydrogens (tertiary/aromatic N) is 3. The van der Waals surface area contributed by atoms with Crippen LogP contribution in [0.15, 0.2) is 140 Å². The number of thiophene rings is 1. The van der Waals surface area contributed by atoms with Crippen LogP contribution < -0.4 is 0 Å². The van der Waals surface area contributed by atoms with Gasteiger partial charge in [0.1, 0.15) is 0 Å². The van der Waals surface area contributed by atoms with E-state index in [2.05, 4.69) is 152 Å². The summed E-state index contributed by atoms with van der Waals surface area (Å²) in [5.41, 5.74) is 11.0. The van der Waals surface area contributed by atoms with E-state index in [-0.39, 0.29) is 5.41 Å². The van der Waals surface area contributed by atoms with E-state index in [0.717, 1.165) is 39.6 Å². The van der Waals surface area contributed by atoms with Gasteiger partial charge in [-0.15, -0.1) is 11.3 Å². The SMILES string of the molecule is CC1(C)c2ccccc2-c2c(-c3ccccc3-n3c4ccccc4c4cc5c(cc43)sc3ccccc35)nc(-c3ccccc3)nc21. The Morgan fingerprint density at radius 1 is 0.553 bits per heavy atom. The molecular formula is C43H29N3S. The van der Waals surface area contributed by atoms with E-state index in [0.29, 0.717) is 0 Å². The van der Waals surface area contributed by atoms with E-state index in [4.69, 9.17) is 9.97 Å². The van der Waals surface area contributed by atoms with Gasteiger partial charge in [0.15, 0.2) is 5.82 Å². The summed E-state index contributed by atoms with van der Waals surface area (Å²) in [6.45, 7) is 4.58. The molecular weight excluding hydrogens is 591 g/mol. The molecule has 0 N–H and O–H groups in total. The Labute approximate surface area is 276 Å². The van der Waals surface area contributed by atoms with Crippen molar-refractivity contribution in [2.45, 2.75) is 19.3 Å². The smallest absolute Gasteiger partial charge is 0.160 e. The van der Waals surface area contributed by atoms with Crippen molar-refractivity contribution in [2.75, 3.05) is 0 Å². The summed E-state index contributed by atoms with van der Waals surface area (Å²) in [6, 6.07) is 50.2. The second-order valence-electron chi connectivity index (χ2n) is 13.0. The van der Waals surface area contributed by atoms with E-state index < -0.39 is 0 Å². The first kappa shape index (κ1) is 26.6. The van der Waals surface area contributed by atoms with Crippen LogP contribution in [0.4, 0.5) is 0 Å². The van der Waals surface area contributed by atoms with Crippen LogP contribution in [0.5, 0.6) is 0 Å². The van der Waals surface area contributed by atoms with Crippen LogP contribution >= 0.6 is 11.3 Å². The Morgan fingerprint density at radius 3 is 2.13 bits per heavy atom. The van der Waals surface area contributed by atoms with Crippen LogP contribution in [-0.2, 0) is 5.41 Å². The molecule has 9 aromatic rings. The Kier molecular flexibility index (Phi) is 5.50. The highest BCUT2D eigenvalue weighted by Gasteiger charge is 2.40. The third kappa shape index (κ3) is 3.73. The van der Waals surface area contributed by atoms with Crippen LogP contribution in [0, 0.1) is 0 Å². The zero-order valence-electron chi connectivity index (χ0n) is 26.0. The van der Waals surface area contributed by atoms with E-state index in [1.165, 1.54) is 53.1 Å². The third-order valence-corrected chi connectivity index (χ3v) is 11.1. The molecule has 0 bridgehead atoms. The molecule has 0 fully saturated rings. The van der Waals surface area contributed by atoms with Gasteiger partial charge in [-0.05, 0) is 41.5 Å². The van der Waals surface area contributed by atoms with Crippen molar-refractivity contribution in [3.8, 4) is 39.5 Å². The second-order valence-corrected chi connectivity index (χ2v) is 14.1. The fraction of sp³-hybridized carbons (Fsp3) is 0.0698. The molecule has 3 aromatic heterocycles. The van der Waals surface area contributed by atoms with Crippen molar-refractivity contribution < 1.29 is 0 Å². The molecule has 3 heterocycles. The maximum atomic E-state index is 5.44. The number of hydrogen-bond donors (Lipinski definition) is 0. The van der Waals surface area contributed by atoms with Crippen LogP contribution in [0.25, 0.3) is 81.4 Å². The Morgan fingerprint density at radius 2 is 1.26 bits per heavy atom. The fourth-order valence-corrected chi connectivity index (χ4v) is 8.89. The average Bonchev–Trinajstić information content (AvgIpc) is 3.72. The molecule has 222 valence electrons. The van der Waals surface area contributed by atoms with Crippen LogP contribution in [0.3, 0.4) is 0 Å². The predicted molar refractivity (Wildman–Crippen MR) is 198 cm³/mol. The van der Waals surface area contributed by atoms with Crippen LogP contribution in [0.1, 0.15) is 25.1 Å². The Balaban J connectivity index is 1.32. The Hall–Kier alpha value is -5.58. The van der Waals surface area contributed by atoms with E-state index in [1.54, 1.807) is 0 Å². The van der Waals surface area contributed by atoms with Crippen molar-refractivity contribution in [1.29, 1.82) is 0 Å². The number of rotatable bonds is 3. The van der Waals surface area contributed by atoms with E-state index >= 15 is 0 Å². The third-order valence-electron chi connectivity index (χ3n) is 9.97. The van der Waals surface area contributed by atoms with Gasteiger partial charge >= 0.3 is 0 Å². The van der Waals surface area contributed by atoms with Gasteiger partial charge in [0, 0.05) is 53.1 Å². The lowest BCUT2D eigenvalue weighted by atomic mass is 9.85. The summed E-state index contributed by atoms with van der Waals surface area (Å²) in [4.78, 5) is 10.7. The molecule has 0 amide bonds. The highest BCUT2D eigenvalue weighted by molar-refractivity contribution is 7.25. The zero-order valence-corrected chi connectivity index (χ0v) is 26.8. The van der Waals surface area contributed by atoms with Gasteiger partial charge in [-0.2, -0.15) is 0 Å². The van der Waals surface area contributed by atoms with Gasteiger partial charge < -0.3 is 4.57 Å². The molecule has 0 aliphatic heterocycles. The summed E-state index contributed by atoms with van der Waals surface area (Å²) in [7, 11) is 0. The number of aromatic nitrogens is 3. The van der Waals surface area contributed by atoms with Crippen molar-refractivity contribution in [1.82, 2.24) is 14.5 Å². The molecule has 6 aromatic carbocycles. The minimum Gasteiger partial charge on any atom is -0.309 e. The molecule has 0 saturated heterocycles. The van der Waals surface area contributed by atoms with E-state index in [9.17, 15) is 0 Å². The summed E-state index contributed by atoms with van der Waals surface area (Å²) in [6.07, 6.45) is 0. The zero-order chi connectivity index (χ0) is 31.3. The van der Waals surface area contributed by atoms with Gasteiger partial charge in [-0.25, -0.2) is 9.97 Å². The molecule has 0 spiro atoms. The largest absolute Gasteiger partial charge is 0.309 e. The molecule has 10 rings (SSSR count). The minimum absolute atomic E-state index is 0.262. The summed E-state index contributed by atoms with van der Waals surface area (Å²) >= 11 is 1.86. The summed E-state index contributed by atoms with van der Waals surface area (Å²) in [5, 5.41) is 5.14. The highest BCUT2D eigenvalue weighted by atomic mass is 32.1. The second kappa shape index (κ2) is 9.71. The van der Waals surface area contributed by atoms with Crippen molar-refractivity contribution in [2.24, 2.45) is 0 Å². The lowest BCUT2D eigenvalue weighted by Crippen LogP contribution is -2.17. The first-order valence-corrected chi connectivity index (χ1v) is 16.9.